The Labute approximate surface area is 109 Å². The topological polar surface area (TPSA) is 78.4 Å². The summed E-state index contributed by atoms with van der Waals surface area (Å²) in [6.07, 6.45) is 2.92. The molecule has 1 aliphatic rings. The van der Waals surface area contributed by atoms with Gasteiger partial charge in [0.25, 0.3) is 0 Å². The fraction of sp³-hybridized carbons (Fsp3) is 0.500. The van der Waals surface area contributed by atoms with Crippen molar-refractivity contribution in [2.75, 3.05) is 5.32 Å². The lowest BCUT2D eigenvalue weighted by Gasteiger charge is -2.27. The van der Waals surface area contributed by atoms with Gasteiger partial charge in [0.2, 0.25) is 0 Å². The van der Waals surface area contributed by atoms with Crippen LogP contribution in [0, 0.1) is 5.92 Å². The van der Waals surface area contributed by atoms with Crippen LogP contribution in [0.1, 0.15) is 25.7 Å². The summed E-state index contributed by atoms with van der Waals surface area (Å²) in [7, 11) is 0. The van der Waals surface area contributed by atoms with E-state index in [2.05, 4.69) is 10.6 Å². The van der Waals surface area contributed by atoms with Gasteiger partial charge in [0.15, 0.2) is 0 Å². The van der Waals surface area contributed by atoms with Gasteiger partial charge in [-0.3, -0.25) is 4.79 Å². The molecule has 2 rings (SSSR count). The number of nitrogens with one attached hydrogen (secondary N) is 2. The number of amides is 2. The van der Waals surface area contributed by atoms with E-state index in [9.17, 15) is 9.59 Å². The molecule has 18 heavy (non-hydrogen) atoms. The van der Waals surface area contributed by atoms with Gasteiger partial charge < -0.3 is 15.7 Å². The van der Waals surface area contributed by atoms with Crippen LogP contribution in [0.2, 0.25) is 0 Å². The molecule has 0 bridgehead atoms. The van der Waals surface area contributed by atoms with Crippen LogP contribution >= 0.6 is 11.3 Å². The highest BCUT2D eigenvalue weighted by atomic mass is 32.1. The van der Waals surface area contributed by atoms with Gasteiger partial charge in [0, 0.05) is 11.4 Å². The van der Waals surface area contributed by atoms with Crippen molar-refractivity contribution in [1.29, 1.82) is 0 Å². The van der Waals surface area contributed by atoms with Gasteiger partial charge in [-0.25, -0.2) is 4.79 Å². The Kier molecular flexibility index (Phi) is 4.19. The number of hydrogen-bond donors (Lipinski definition) is 3. The van der Waals surface area contributed by atoms with E-state index < -0.39 is 5.97 Å². The quantitative estimate of drug-likeness (QED) is 0.788. The second-order valence-corrected chi connectivity index (χ2v) is 5.29. The number of hydrogen-bond acceptors (Lipinski definition) is 3. The van der Waals surface area contributed by atoms with Crippen LogP contribution in [-0.2, 0) is 4.79 Å². The smallest absolute Gasteiger partial charge is 0.319 e. The van der Waals surface area contributed by atoms with Crippen LogP contribution in [0.25, 0.3) is 0 Å². The number of anilines is 1. The van der Waals surface area contributed by atoms with E-state index in [1.165, 1.54) is 11.3 Å². The molecule has 2 amide bonds. The summed E-state index contributed by atoms with van der Waals surface area (Å²) in [5.41, 5.74) is 0.767. The maximum atomic E-state index is 11.7. The zero-order valence-electron chi connectivity index (χ0n) is 9.89. The molecule has 1 fully saturated rings. The molecule has 2 unspecified atom stereocenters. The minimum absolute atomic E-state index is 0.0431. The summed E-state index contributed by atoms with van der Waals surface area (Å²) in [5, 5.41) is 18.3. The molecular weight excluding hydrogens is 252 g/mol. The average molecular weight is 268 g/mol. The molecule has 1 aliphatic carbocycles. The average Bonchev–Trinajstić information content (AvgIpc) is 2.82. The maximum Gasteiger partial charge on any atom is 0.319 e. The van der Waals surface area contributed by atoms with Crippen molar-refractivity contribution in [3.63, 3.8) is 0 Å². The number of carbonyl (C=O) groups excluding carboxylic acids is 1. The zero-order chi connectivity index (χ0) is 13.0. The lowest BCUT2D eigenvalue weighted by molar-refractivity contribution is -0.143. The minimum Gasteiger partial charge on any atom is -0.481 e. The van der Waals surface area contributed by atoms with E-state index in [4.69, 9.17) is 5.11 Å². The third-order valence-electron chi connectivity index (χ3n) is 3.14. The van der Waals surface area contributed by atoms with Crippen LogP contribution < -0.4 is 10.6 Å². The molecule has 0 radical (unpaired) electrons. The van der Waals surface area contributed by atoms with E-state index >= 15 is 0 Å². The highest BCUT2D eigenvalue weighted by molar-refractivity contribution is 7.08. The molecule has 0 spiro atoms. The fourth-order valence-electron chi connectivity index (χ4n) is 2.23. The molecule has 0 aliphatic heterocycles. The Morgan fingerprint density at radius 2 is 2.22 bits per heavy atom. The number of aliphatic carboxylic acids is 1. The molecule has 3 N–H and O–H groups in total. The van der Waals surface area contributed by atoms with Crippen molar-refractivity contribution < 1.29 is 14.7 Å². The van der Waals surface area contributed by atoms with E-state index in [1.54, 1.807) is 0 Å². The molecule has 1 saturated carbocycles. The normalized spacial score (nSPS) is 23.3. The molecule has 1 heterocycles. The first-order valence-corrected chi connectivity index (χ1v) is 6.92. The summed E-state index contributed by atoms with van der Waals surface area (Å²) in [6.45, 7) is 0. The molecule has 1 aromatic heterocycles. The SMILES string of the molecule is O=C(Nc1ccsc1)NC1CCCC(C(=O)O)C1. The Bertz CT molecular complexity index is 419. The number of carboxylic acids is 1. The first-order chi connectivity index (χ1) is 8.65. The summed E-state index contributed by atoms with van der Waals surface area (Å²) in [6, 6.07) is 1.52. The predicted octanol–water partition coefficient (Wildman–Crippen LogP) is 2.51. The number of urea groups is 1. The molecule has 2 atom stereocenters. The summed E-state index contributed by atoms with van der Waals surface area (Å²) in [5.74, 6) is -1.09. The molecule has 0 saturated heterocycles. The van der Waals surface area contributed by atoms with Crippen LogP contribution in [0.15, 0.2) is 16.8 Å². The fourth-order valence-corrected chi connectivity index (χ4v) is 2.82. The lowest BCUT2D eigenvalue weighted by Crippen LogP contribution is -2.41. The number of carbonyl (C=O) groups is 2. The molecule has 98 valence electrons. The lowest BCUT2D eigenvalue weighted by atomic mass is 9.86. The van der Waals surface area contributed by atoms with E-state index in [0.29, 0.717) is 12.8 Å². The summed E-state index contributed by atoms with van der Waals surface area (Å²) in [4.78, 5) is 22.6. The van der Waals surface area contributed by atoms with Gasteiger partial charge in [-0.1, -0.05) is 6.42 Å². The van der Waals surface area contributed by atoms with Gasteiger partial charge in [-0.05, 0) is 30.7 Å². The Morgan fingerprint density at radius 3 is 2.89 bits per heavy atom. The van der Waals surface area contributed by atoms with Crippen LogP contribution in [0.3, 0.4) is 0 Å². The standard InChI is InChI=1S/C12H16N2O3S/c15-11(16)8-2-1-3-9(6-8)13-12(17)14-10-4-5-18-7-10/h4-5,7-9H,1-3,6H2,(H,15,16)(H2,13,14,17). The van der Waals surface area contributed by atoms with Gasteiger partial charge in [0.1, 0.15) is 0 Å². The molecular formula is C12H16N2O3S. The second kappa shape index (κ2) is 5.86. The molecule has 0 aromatic carbocycles. The minimum atomic E-state index is -0.764. The van der Waals surface area contributed by atoms with Gasteiger partial charge in [-0.2, -0.15) is 11.3 Å². The number of carboxylic acid groups (broad SMARTS) is 1. The largest absolute Gasteiger partial charge is 0.481 e. The first-order valence-electron chi connectivity index (χ1n) is 5.97. The second-order valence-electron chi connectivity index (χ2n) is 4.51. The zero-order valence-corrected chi connectivity index (χ0v) is 10.7. The summed E-state index contributed by atoms with van der Waals surface area (Å²) >= 11 is 1.51. The number of thiophene rings is 1. The third kappa shape index (κ3) is 3.46. The monoisotopic (exact) mass is 268 g/mol. The van der Waals surface area contributed by atoms with Crippen molar-refractivity contribution in [2.24, 2.45) is 5.92 Å². The van der Waals surface area contributed by atoms with Crippen molar-refractivity contribution in [2.45, 2.75) is 31.7 Å². The van der Waals surface area contributed by atoms with Crippen molar-refractivity contribution >= 4 is 29.0 Å². The van der Waals surface area contributed by atoms with Gasteiger partial charge >= 0.3 is 12.0 Å². The summed E-state index contributed by atoms with van der Waals surface area (Å²) < 4.78 is 0. The first kappa shape index (κ1) is 12.9. The van der Waals surface area contributed by atoms with E-state index in [1.807, 2.05) is 16.8 Å². The maximum absolute atomic E-state index is 11.7. The Balaban J connectivity index is 1.81. The van der Waals surface area contributed by atoms with E-state index in [0.717, 1.165) is 18.5 Å². The van der Waals surface area contributed by atoms with Crippen LogP contribution in [-0.4, -0.2) is 23.1 Å². The van der Waals surface area contributed by atoms with Gasteiger partial charge in [0.05, 0.1) is 11.6 Å². The van der Waals surface area contributed by atoms with Crippen molar-refractivity contribution in [1.82, 2.24) is 5.32 Å². The van der Waals surface area contributed by atoms with Crippen molar-refractivity contribution in [3.8, 4) is 0 Å². The molecule has 6 heteroatoms. The highest BCUT2D eigenvalue weighted by Gasteiger charge is 2.27. The number of rotatable bonds is 3. The molecule has 1 aromatic rings. The van der Waals surface area contributed by atoms with Gasteiger partial charge in [-0.15, -0.1) is 0 Å². The Hall–Kier alpha value is -1.56. The predicted molar refractivity (Wildman–Crippen MR) is 69.9 cm³/mol. The van der Waals surface area contributed by atoms with Crippen molar-refractivity contribution in [3.05, 3.63) is 16.8 Å². The highest BCUT2D eigenvalue weighted by Crippen LogP contribution is 2.24. The molecule has 5 nitrogen and oxygen atoms in total. The van der Waals surface area contributed by atoms with E-state index in [-0.39, 0.29) is 18.0 Å². The van der Waals surface area contributed by atoms with Crippen LogP contribution in [0.4, 0.5) is 10.5 Å². The van der Waals surface area contributed by atoms with Crippen LogP contribution in [0.5, 0.6) is 0 Å². The third-order valence-corrected chi connectivity index (χ3v) is 3.82. The Morgan fingerprint density at radius 1 is 1.39 bits per heavy atom.